The summed E-state index contributed by atoms with van der Waals surface area (Å²) in [6, 6.07) is 14.3. The third-order valence-electron chi connectivity index (χ3n) is 3.65. The van der Waals surface area contributed by atoms with E-state index in [9.17, 15) is 10.1 Å². The van der Waals surface area contributed by atoms with Gasteiger partial charge in [-0.05, 0) is 38.1 Å². The average molecular weight is 324 g/mol. The minimum absolute atomic E-state index is 0.0753. The van der Waals surface area contributed by atoms with Crippen LogP contribution in [0.25, 0.3) is 11.5 Å². The predicted octanol–water partition coefficient (Wildman–Crippen LogP) is 4.45. The zero-order valence-corrected chi connectivity index (χ0v) is 13.4. The molecule has 1 heterocycles. The summed E-state index contributed by atoms with van der Waals surface area (Å²) in [6.07, 6.45) is 0. The fraction of sp³-hybridized carbons (Fsp3) is 0.167. The molecular formula is C18H16N2O4. The van der Waals surface area contributed by atoms with Crippen LogP contribution in [0.5, 0.6) is 5.75 Å². The molecule has 0 aliphatic carbocycles. The lowest BCUT2D eigenvalue weighted by Gasteiger charge is -2.05. The molecule has 6 heteroatoms. The number of rotatable bonds is 5. The molecule has 0 saturated heterocycles. The van der Waals surface area contributed by atoms with Crippen molar-refractivity contribution in [3.05, 3.63) is 75.7 Å². The predicted molar refractivity (Wildman–Crippen MR) is 88.8 cm³/mol. The van der Waals surface area contributed by atoms with E-state index in [0.29, 0.717) is 28.7 Å². The maximum absolute atomic E-state index is 10.8. The first-order valence-corrected chi connectivity index (χ1v) is 7.44. The van der Waals surface area contributed by atoms with Crippen molar-refractivity contribution in [2.75, 3.05) is 0 Å². The first-order valence-electron chi connectivity index (χ1n) is 7.44. The Bertz CT molecular complexity index is 872. The van der Waals surface area contributed by atoms with E-state index in [-0.39, 0.29) is 12.3 Å². The highest BCUT2D eigenvalue weighted by Crippen LogP contribution is 2.25. The van der Waals surface area contributed by atoms with Crippen LogP contribution in [0.4, 0.5) is 5.69 Å². The number of nitrogens with zero attached hydrogens (tertiary/aromatic N) is 2. The molecule has 2 aromatic carbocycles. The summed E-state index contributed by atoms with van der Waals surface area (Å²) in [5.74, 6) is 1.79. The minimum Gasteiger partial charge on any atom is -0.487 e. The SMILES string of the molecule is Cc1cc(OCc2nc(-c3ccccc3)oc2C)ccc1[N+](=O)[O-]. The zero-order valence-electron chi connectivity index (χ0n) is 13.4. The van der Waals surface area contributed by atoms with Crippen LogP contribution < -0.4 is 4.74 Å². The Balaban J connectivity index is 1.74. The Hall–Kier alpha value is -3.15. The molecule has 0 amide bonds. The van der Waals surface area contributed by atoms with Crippen molar-refractivity contribution in [2.24, 2.45) is 0 Å². The van der Waals surface area contributed by atoms with E-state index in [1.807, 2.05) is 37.3 Å². The molecule has 0 N–H and O–H groups in total. The van der Waals surface area contributed by atoms with Gasteiger partial charge in [0.05, 0.1) is 4.92 Å². The van der Waals surface area contributed by atoms with Crippen molar-refractivity contribution in [1.29, 1.82) is 0 Å². The van der Waals surface area contributed by atoms with E-state index in [1.165, 1.54) is 6.07 Å². The Morgan fingerprint density at radius 2 is 1.92 bits per heavy atom. The molecule has 0 aliphatic rings. The van der Waals surface area contributed by atoms with Crippen LogP contribution in [0.15, 0.2) is 52.9 Å². The van der Waals surface area contributed by atoms with Gasteiger partial charge in [0.25, 0.3) is 5.69 Å². The summed E-state index contributed by atoms with van der Waals surface area (Å²) >= 11 is 0. The number of nitro groups is 1. The number of benzene rings is 2. The molecule has 0 aliphatic heterocycles. The van der Waals surface area contributed by atoms with Gasteiger partial charge in [0.15, 0.2) is 0 Å². The standard InChI is InChI=1S/C18H16N2O4/c1-12-10-15(8-9-17(12)20(21)22)23-11-16-13(2)24-18(19-16)14-6-4-3-5-7-14/h3-10H,11H2,1-2H3. The van der Waals surface area contributed by atoms with Crippen LogP contribution in [0.3, 0.4) is 0 Å². The zero-order chi connectivity index (χ0) is 17.1. The maximum atomic E-state index is 10.8. The van der Waals surface area contributed by atoms with Gasteiger partial charge >= 0.3 is 0 Å². The highest BCUT2D eigenvalue weighted by Gasteiger charge is 2.14. The van der Waals surface area contributed by atoms with Crippen molar-refractivity contribution in [3.8, 4) is 17.2 Å². The monoisotopic (exact) mass is 324 g/mol. The summed E-state index contributed by atoms with van der Waals surface area (Å²) in [5, 5.41) is 10.8. The molecule has 0 spiro atoms. The first-order chi connectivity index (χ1) is 11.5. The molecule has 0 atom stereocenters. The van der Waals surface area contributed by atoms with Gasteiger partial charge in [-0.25, -0.2) is 4.98 Å². The fourth-order valence-electron chi connectivity index (χ4n) is 2.34. The van der Waals surface area contributed by atoms with Crippen molar-refractivity contribution in [3.63, 3.8) is 0 Å². The van der Waals surface area contributed by atoms with Gasteiger partial charge in [-0.15, -0.1) is 0 Å². The summed E-state index contributed by atoms with van der Waals surface area (Å²) < 4.78 is 11.4. The quantitative estimate of drug-likeness (QED) is 0.512. The van der Waals surface area contributed by atoms with E-state index in [0.717, 1.165) is 5.56 Å². The van der Waals surface area contributed by atoms with Gasteiger partial charge in [-0.2, -0.15) is 0 Å². The average Bonchev–Trinajstić information content (AvgIpc) is 2.94. The van der Waals surface area contributed by atoms with Crippen LogP contribution in [0.1, 0.15) is 17.0 Å². The van der Waals surface area contributed by atoms with E-state index in [2.05, 4.69) is 4.98 Å². The summed E-state index contributed by atoms with van der Waals surface area (Å²) in [6.45, 7) is 3.75. The molecule has 6 nitrogen and oxygen atoms in total. The second-order valence-corrected chi connectivity index (χ2v) is 5.38. The topological polar surface area (TPSA) is 78.4 Å². The third kappa shape index (κ3) is 3.27. The van der Waals surface area contributed by atoms with Crippen LogP contribution in [-0.4, -0.2) is 9.91 Å². The molecule has 24 heavy (non-hydrogen) atoms. The lowest BCUT2D eigenvalue weighted by atomic mass is 10.2. The molecule has 3 aromatic rings. The van der Waals surface area contributed by atoms with Crippen LogP contribution >= 0.6 is 0 Å². The van der Waals surface area contributed by atoms with Crippen molar-refractivity contribution in [2.45, 2.75) is 20.5 Å². The lowest BCUT2D eigenvalue weighted by Crippen LogP contribution is -1.99. The van der Waals surface area contributed by atoms with Crippen molar-refractivity contribution < 1.29 is 14.1 Å². The smallest absolute Gasteiger partial charge is 0.272 e. The molecule has 0 bridgehead atoms. The highest BCUT2D eigenvalue weighted by atomic mass is 16.6. The van der Waals surface area contributed by atoms with Gasteiger partial charge < -0.3 is 9.15 Å². The number of aryl methyl sites for hydroxylation is 2. The Kier molecular flexibility index (Phi) is 4.29. The van der Waals surface area contributed by atoms with Crippen LogP contribution in [0.2, 0.25) is 0 Å². The van der Waals surface area contributed by atoms with Gasteiger partial charge in [0, 0.05) is 17.2 Å². The van der Waals surface area contributed by atoms with Gasteiger partial charge in [-0.3, -0.25) is 10.1 Å². The van der Waals surface area contributed by atoms with Gasteiger partial charge in [-0.1, -0.05) is 18.2 Å². The molecule has 0 fully saturated rings. The Labute approximate surface area is 138 Å². The Morgan fingerprint density at radius 1 is 1.17 bits per heavy atom. The van der Waals surface area contributed by atoms with E-state index < -0.39 is 4.92 Å². The first kappa shape index (κ1) is 15.7. The van der Waals surface area contributed by atoms with Crippen molar-refractivity contribution in [1.82, 2.24) is 4.98 Å². The van der Waals surface area contributed by atoms with E-state index in [4.69, 9.17) is 9.15 Å². The van der Waals surface area contributed by atoms with Gasteiger partial charge in [0.1, 0.15) is 23.8 Å². The van der Waals surface area contributed by atoms with Crippen LogP contribution in [0, 0.1) is 24.0 Å². The highest BCUT2D eigenvalue weighted by molar-refractivity contribution is 5.53. The number of aromatic nitrogens is 1. The minimum atomic E-state index is -0.410. The number of hydrogen-bond acceptors (Lipinski definition) is 5. The summed E-state index contributed by atoms with van der Waals surface area (Å²) in [4.78, 5) is 14.9. The molecule has 0 saturated carbocycles. The number of ether oxygens (including phenoxy) is 1. The molecule has 3 rings (SSSR count). The molecule has 1 aromatic heterocycles. The van der Waals surface area contributed by atoms with Crippen LogP contribution in [-0.2, 0) is 6.61 Å². The molecule has 0 unspecified atom stereocenters. The lowest BCUT2D eigenvalue weighted by molar-refractivity contribution is -0.385. The second-order valence-electron chi connectivity index (χ2n) is 5.38. The van der Waals surface area contributed by atoms with Crippen molar-refractivity contribution >= 4 is 5.69 Å². The fourth-order valence-corrected chi connectivity index (χ4v) is 2.34. The number of hydrogen-bond donors (Lipinski definition) is 0. The molecule has 122 valence electrons. The summed E-state index contributed by atoms with van der Waals surface area (Å²) in [5.41, 5.74) is 2.23. The van der Waals surface area contributed by atoms with E-state index >= 15 is 0 Å². The largest absolute Gasteiger partial charge is 0.487 e. The number of oxazole rings is 1. The Morgan fingerprint density at radius 3 is 2.58 bits per heavy atom. The molecular weight excluding hydrogens is 308 g/mol. The second kappa shape index (κ2) is 6.54. The summed E-state index contributed by atoms with van der Waals surface area (Å²) in [7, 11) is 0. The molecule has 0 radical (unpaired) electrons. The third-order valence-corrected chi connectivity index (χ3v) is 3.65. The van der Waals surface area contributed by atoms with E-state index in [1.54, 1.807) is 19.1 Å². The van der Waals surface area contributed by atoms with Gasteiger partial charge in [0.2, 0.25) is 5.89 Å². The normalized spacial score (nSPS) is 10.6. The maximum Gasteiger partial charge on any atom is 0.272 e. The number of nitro benzene ring substituents is 1.